The molecule has 2 atom stereocenters. The van der Waals surface area contributed by atoms with E-state index in [0.29, 0.717) is 25.6 Å². The summed E-state index contributed by atoms with van der Waals surface area (Å²) in [5.41, 5.74) is 0. The monoisotopic (exact) mass is 609 g/mol. The van der Waals surface area contributed by atoms with E-state index >= 15 is 0 Å². The molecule has 2 unspecified atom stereocenters. The van der Waals surface area contributed by atoms with Crippen LogP contribution in [-0.2, 0) is 19.1 Å². The number of hydrogen-bond donors (Lipinski definition) is 0. The number of carbonyl (C=O) groups is 2. The minimum absolute atomic E-state index is 0.00234. The zero-order valence-corrected chi connectivity index (χ0v) is 30.0. The normalized spacial score (nSPS) is 13.0. The van der Waals surface area contributed by atoms with Crippen molar-refractivity contribution in [2.75, 3.05) is 13.2 Å². The Morgan fingerprint density at radius 1 is 0.465 bits per heavy atom. The van der Waals surface area contributed by atoms with E-state index < -0.39 is 0 Å². The molecule has 0 saturated carbocycles. The first kappa shape index (κ1) is 41.9. The lowest BCUT2D eigenvalue weighted by Crippen LogP contribution is -2.25. The minimum Gasteiger partial charge on any atom is -0.466 e. The standard InChI is InChI=1S/C39H76O4/c1-7-36(37(8-2)39(41)43-33-27-21-23-29-35(5)6)30-24-18-16-14-12-10-9-11-13-15-17-19-25-31-38(40)42-32-26-20-22-28-34(3)4/h34-37H,7-33H2,1-6H3. The van der Waals surface area contributed by atoms with Gasteiger partial charge in [0.2, 0.25) is 0 Å². The third-order valence-corrected chi connectivity index (χ3v) is 9.15. The molecule has 256 valence electrons. The molecule has 4 nitrogen and oxygen atoms in total. The van der Waals surface area contributed by atoms with Gasteiger partial charge in [-0.15, -0.1) is 0 Å². The highest BCUT2D eigenvalue weighted by Gasteiger charge is 2.26. The molecule has 0 aromatic heterocycles. The van der Waals surface area contributed by atoms with Crippen molar-refractivity contribution in [3.05, 3.63) is 0 Å². The van der Waals surface area contributed by atoms with Crippen LogP contribution in [0.15, 0.2) is 0 Å². The Bertz CT molecular complexity index is 614. The summed E-state index contributed by atoms with van der Waals surface area (Å²) in [6, 6.07) is 0. The second-order valence-electron chi connectivity index (χ2n) is 14.2. The Balaban J connectivity index is 3.59. The fourth-order valence-corrected chi connectivity index (χ4v) is 6.20. The summed E-state index contributed by atoms with van der Waals surface area (Å²) >= 11 is 0. The van der Waals surface area contributed by atoms with E-state index in [4.69, 9.17) is 9.47 Å². The lowest BCUT2D eigenvalue weighted by molar-refractivity contribution is -0.151. The lowest BCUT2D eigenvalue weighted by atomic mass is 9.84. The maximum atomic E-state index is 12.7. The van der Waals surface area contributed by atoms with Crippen molar-refractivity contribution in [3.63, 3.8) is 0 Å². The Kier molecular flexibility index (Phi) is 30.2. The van der Waals surface area contributed by atoms with E-state index in [1.807, 2.05) is 0 Å². The van der Waals surface area contributed by atoms with Gasteiger partial charge in [-0.3, -0.25) is 9.59 Å². The summed E-state index contributed by atoms with van der Waals surface area (Å²) in [6.45, 7) is 14.6. The first-order valence-electron chi connectivity index (χ1n) is 19.1. The highest BCUT2D eigenvalue weighted by Crippen LogP contribution is 2.27. The third kappa shape index (κ3) is 28.2. The van der Waals surface area contributed by atoms with Gasteiger partial charge in [-0.2, -0.15) is 0 Å². The number of rotatable bonds is 32. The van der Waals surface area contributed by atoms with Crippen molar-refractivity contribution >= 4 is 11.9 Å². The quantitative estimate of drug-likeness (QED) is 0.0563. The van der Waals surface area contributed by atoms with E-state index in [-0.39, 0.29) is 17.9 Å². The molecule has 43 heavy (non-hydrogen) atoms. The summed E-state index contributed by atoms with van der Waals surface area (Å²) < 4.78 is 11.1. The molecular weight excluding hydrogens is 532 g/mol. The molecule has 0 rings (SSSR count). The molecule has 0 aliphatic heterocycles. The number of unbranched alkanes of at least 4 members (excludes halogenated alkanes) is 16. The van der Waals surface area contributed by atoms with Crippen molar-refractivity contribution in [3.8, 4) is 0 Å². The molecular formula is C39H76O4. The van der Waals surface area contributed by atoms with Crippen LogP contribution in [0.1, 0.15) is 202 Å². The van der Waals surface area contributed by atoms with Crippen LogP contribution >= 0.6 is 0 Å². The molecule has 0 spiro atoms. The SMILES string of the molecule is CCC(CCCCCCCCCCCCCCCC(=O)OCCCCCC(C)C)C(CC)C(=O)OCCCCCC(C)C. The van der Waals surface area contributed by atoms with Gasteiger partial charge in [-0.05, 0) is 49.9 Å². The number of esters is 2. The van der Waals surface area contributed by atoms with Gasteiger partial charge in [0.1, 0.15) is 0 Å². The predicted molar refractivity (Wildman–Crippen MR) is 185 cm³/mol. The fraction of sp³-hybridized carbons (Fsp3) is 0.949. The average molecular weight is 609 g/mol. The maximum Gasteiger partial charge on any atom is 0.309 e. The molecule has 0 aromatic rings. The summed E-state index contributed by atoms with van der Waals surface area (Å²) in [5, 5.41) is 0. The van der Waals surface area contributed by atoms with E-state index in [1.165, 1.54) is 109 Å². The van der Waals surface area contributed by atoms with Crippen molar-refractivity contribution in [2.45, 2.75) is 202 Å². The molecule has 0 aliphatic rings. The lowest BCUT2D eigenvalue weighted by Gasteiger charge is -2.23. The van der Waals surface area contributed by atoms with Crippen LogP contribution in [0.25, 0.3) is 0 Å². The maximum absolute atomic E-state index is 12.7. The fourth-order valence-electron chi connectivity index (χ4n) is 6.20. The van der Waals surface area contributed by atoms with Crippen LogP contribution in [0.4, 0.5) is 0 Å². The number of ether oxygens (including phenoxy) is 2. The molecule has 0 bridgehead atoms. The highest BCUT2D eigenvalue weighted by molar-refractivity contribution is 5.72. The Labute approximate surface area is 269 Å². The van der Waals surface area contributed by atoms with E-state index in [2.05, 4.69) is 41.5 Å². The van der Waals surface area contributed by atoms with Crippen LogP contribution in [0.5, 0.6) is 0 Å². The molecule has 0 radical (unpaired) electrons. The Morgan fingerprint density at radius 2 is 0.860 bits per heavy atom. The Hall–Kier alpha value is -1.06. The van der Waals surface area contributed by atoms with Gasteiger partial charge >= 0.3 is 11.9 Å². The third-order valence-electron chi connectivity index (χ3n) is 9.15. The second-order valence-corrected chi connectivity index (χ2v) is 14.2. The number of carbonyl (C=O) groups excluding carboxylic acids is 2. The average Bonchev–Trinajstić information content (AvgIpc) is 2.97. The molecule has 4 heteroatoms. The van der Waals surface area contributed by atoms with Gasteiger partial charge in [0.25, 0.3) is 0 Å². The summed E-state index contributed by atoms with van der Waals surface area (Å²) in [5.74, 6) is 2.14. The van der Waals surface area contributed by atoms with E-state index in [9.17, 15) is 9.59 Å². The molecule has 0 N–H and O–H groups in total. The Morgan fingerprint density at radius 3 is 1.30 bits per heavy atom. The van der Waals surface area contributed by atoms with Crippen molar-refractivity contribution in [1.82, 2.24) is 0 Å². The van der Waals surface area contributed by atoms with Gasteiger partial charge < -0.3 is 9.47 Å². The second kappa shape index (κ2) is 30.9. The molecule has 0 saturated heterocycles. The summed E-state index contributed by atoms with van der Waals surface area (Å²) in [4.78, 5) is 24.6. The zero-order chi connectivity index (χ0) is 32.0. The van der Waals surface area contributed by atoms with Gasteiger partial charge in [-0.1, -0.05) is 164 Å². The first-order valence-corrected chi connectivity index (χ1v) is 19.1. The van der Waals surface area contributed by atoms with E-state index in [0.717, 1.165) is 56.8 Å². The number of hydrogen-bond acceptors (Lipinski definition) is 4. The smallest absolute Gasteiger partial charge is 0.309 e. The topological polar surface area (TPSA) is 52.6 Å². The highest BCUT2D eigenvalue weighted by atomic mass is 16.5. The van der Waals surface area contributed by atoms with Gasteiger partial charge in [0.15, 0.2) is 0 Å². The van der Waals surface area contributed by atoms with Crippen LogP contribution < -0.4 is 0 Å². The molecule has 0 aliphatic carbocycles. The van der Waals surface area contributed by atoms with Crippen LogP contribution in [0.2, 0.25) is 0 Å². The van der Waals surface area contributed by atoms with Crippen molar-refractivity contribution < 1.29 is 19.1 Å². The largest absolute Gasteiger partial charge is 0.466 e. The minimum atomic E-state index is -0.00234. The molecule has 0 aromatic carbocycles. The molecule has 0 heterocycles. The van der Waals surface area contributed by atoms with Crippen LogP contribution in [-0.4, -0.2) is 25.2 Å². The van der Waals surface area contributed by atoms with Gasteiger partial charge in [0, 0.05) is 6.42 Å². The van der Waals surface area contributed by atoms with Crippen molar-refractivity contribution in [1.29, 1.82) is 0 Å². The summed E-state index contributed by atoms with van der Waals surface area (Å²) in [7, 11) is 0. The molecule has 0 amide bonds. The summed E-state index contributed by atoms with van der Waals surface area (Å²) in [6.07, 6.45) is 29.8. The van der Waals surface area contributed by atoms with E-state index in [1.54, 1.807) is 0 Å². The zero-order valence-electron chi connectivity index (χ0n) is 30.0. The van der Waals surface area contributed by atoms with Crippen LogP contribution in [0.3, 0.4) is 0 Å². The first-order chi connectivity index (χ1) is 20.8. The van der Waals surface area contributed by atoms with Crippen molar-refractivity contribution in [2.24, 2.45) is 23.7 Å². The molecule has 0 fully saturated rings. The predicted octanol–water partition coefficient (Wildman–Crippen LogP) is 12.4. The van der Waals surface area contributed by atoms with Crippen LogP contribution in [0, 0.1) is 23.7 Å². The van der Waals surface area contributed by atoms with Gasteiger partial charge in [0.05, 0.1) is 19.1 Å². The van der Waals surface area contributed by atoms with Gasteiger partial charge in [-0.25, -0.2) is 0 Å².